The van der Waals surface area contributed by atoms with Crippen molar-refractivity contribution in [2.45, 2.75) is 12.1 Å². The van der Waals surface area contributed by atoms with Crippen molar-refractivity contribution >= 4 is 6.21 Å². The largest absolute Gasteiger partial charge is 0.374 e. The van der Waals surface area contributed by atoms with Gasteiger partial charge < -0.3 is 4.74 Å². The van der Waals surface area contributed by atoms with Crippen molar-refractivity contribution in [2.75, 3.05) is 7.11 Å². The first-order valence-corrected chi connectivity index (χ1v) is 8.09. The van der Waals surface area contributed by atoms with Gasteiger partial charge in [-0.1, -0.05) is 91.0 Å². The Morgan fingerprint density at radius 2 is 1.21 bits per heavy atom. The molecule has 120 valence electrons. The van der Waals surface area contributed by atoms with Crippen LogP contribution < -0.4 is 0 Å². The molecule has 0 unspecified atom stereocenters. The lowest BCUT2D eigenvalue weighted by Crippen LogP contribution is -2.12. The van der Waals surface area contributed by atoms with Gasteiger partial charge >= 0.3 is 0 Å². The molecule has 3 rings (SSSR count). The summed E-state index contributed by atoms with van der Waals surface area (Å²) in [5.41, 5.74) is 3.35. The third-order valence-corrected chi connectivity index (χ3v) is 3.99. The molecule has 0 aromatic heterocycles. The van der Waals surface area contributed by atoms with Gasteiger partial charge in [-0.25, -0.2) is 0 Å². The molecule has 0 amide bonds. The molecule has 0 aliphatic carbocycles. The standard InChI is InChI=1S/C22H21NO/c1-24-22(20-15-9-4-10-16-20)21(19-13-7-3-8-14-19)23-17-18-11-5-2-6-12-18/h2-17,21-22H,1H3/t21-,22+/m1/s1. The van der Waals surface area contributed by atoms with Gasteiger partial charge in [-0.05, 0) is 16.7 Å². The quantitative estimate of drug-likeness (QED) is 0.570. The number of hydrogen-bond acceptors (Lipinski definition) is 2. The van der Waals surface area contributed by atoms with Gasteiger partial charge in [0.15, 0.2) is 0 Å². The van der Waals surface area contributed by atoms with E-state index in [-0.39, 0.29) is 12.1 Å². The third-order valence-electron chi connectivity index (χ3n) is 3.99. The Balaban J connectivity index is 1.97. The number of methoxy groups -OCH3 is 1. The summed E-state index contributed by atoms with van der Waals surface area (Å²) in [5.74, 6) is 0. The van der Waals surface area contributed by atoms with E-state index >= 15 is 0 Å². The van der Waals surface area contributed by atoms with E-state index in [4.69, 9.17) is 9.73 Å². The molecule has 3 aromatic rings. The third kappa shape index (κ3) is 3.98. The predicted octanol–water partition coefficient (Wildman–Crippen LogP) is 5.23. The molecule has 0 N–H and O–H groups in total. The Morgan fingerprint density at radius 3 is 1.75 bits per heavy atom. The second-order valence-corrected chi connectivity index (χ2v) is 5.61. The minimum atomic E-state index is -0.131. The Bertz CT molecular complexity index is 754. The fourth-order valence-corrected chi connectivity index (χ4v) is 2.78. The van der Waals surface area contributed by atoms with Crippen molar-refractivity contribution < 1.29 is 4.74 Å². The number of ether oxygens (including phenoxy) is 1. The van der Waals surface area contributed by atoms with Gasteiger partial charge in [0.25, 0.3) is 0 Å². The Morgan fingerprint density at radius 1 is 0.708 bits per heavy atom. The summed E-state index contributed by atoms with van der Waals surface area (Å²) >= 11 is 0. The van der Waals surface area contributed by atoms with Crippen molar-refractivity contribution in [3.8, 4) is 0 Å². The molecular formula is C22H21NO. The number of benzene rings is 3. The maximum Gasteiger partial charge on any atom is 0.109 e. The molecule has 0 fully saturated rings. The van der Waals surface area contributed by atoms with Gasteiger partial charge in [-0.15, -0.1) is 0 Å². The minimum absolute atomic E-state index is 0.0983. The van der Waals surface area contributed by atoms with Crippen molar-refractivity contribution in [1.82, 2.24) is 0 Å². The zero-order valence-corrected chi connectivity index (χ0v) is 13.7. The summed E-state index contributed by atoms with van der Waals surface area (Å²) in [6.45, 7) is 0. The Hall–Kier alpha value is -2.71. The lowest BCUT2D eigenvalue weighted by molar-refractivity contribution is 0.0811. The number of nitrogens with zero attached hydrogens (tertiary/aromatic N) is 1. The smallest absolute Gasteiger partial charge is 0.109 e. The summed E-state index contributed by atoms with van der Waals surface area (Å²) < 4.78 is 5.83. The number of hydrogen-bond donors (Lipinski definition) is 0. The fourth-order valence-electron chi connectivity index (χ4n) is 2.78. The van der Waals surface area contributed by atoms with Crippen LogP contribution in [-0.4, -0.2) is 13.3 Å². The van der Waals surface area contributed by atoms with Gasteiger partial charge in [0.05, 0.1) is 0 Å². The van der Waals surface area contributed by atoms with Crippen LogP contribution in [0, 0.1) is 0 Å². The normalized spacial score (nSPS) is 13.7. The second-order valence-electron chi connectivity index (χ2n) is 5.61. The molecule has 0 spiro atoms. The average Bonchev–Trinajstić information content (AvgIpc) is 2.67. The molecule has 2 heteroatoms. The van der Waals surface area contributed by atoms with E-state index in [1.165, 1.54) is 0 Å². The monoisotopic (exact) mass is 315 g/mol. The molecule has 3 aromatic carbocycles. The molecule has 0 saturated heterocycles. The summed E-state index contributed by atoms with van der Waals surface area (Å²) in [6.07, 6.45) is 1.79. The summed E-state index contributed by atoms with van der Waals surface area (Å²) in [4.78, 5) is 4.86. The van der Waals surface area contributed by atoms with Crippen molar-refractivity contribution in [2.24, 2.45) is 4.99 Å². The molecule has 24 heavy (non-hydrogen) atoms. The molecular weight excluding hydrogens is 294 g/mol. The van der Waals surface area contributed by atoms with Crippen molar-refractivity contribution in [3.05, 3.63) is 108 Å². The summed E-state index contributed by atoms with van der Waals surface area (Å²) in [7, 11) is 1.74. The number of aliphatic imine (C=N–C) groups is 1. The van der Waals surface area contributed by atoms with Crippen LogP contribution in [0.2, 0.25) is 0 Å². The van der Waals surface area contributed by atoms with E-state index in [2.05, 4.69) is 36.4 Å². The minimum Gasteiger partial charge on any atom is -0.374 e. The van der Waals surface area contributed by atoms with E-state index in [0.29, 0.717) is 0 Å². The molecule has 0 heterocycles. The first-order chi connectivity index (χ1) is 11.9. The molecule has 0 aliphatic rings. The maximum atomic E-state index is 5.83. The van der Waals surface area contributed by atoms with E-state index < -0.39 is 0 Å². The topological polar surface area (TPSA) is 21.6 Å². The lowest BCUT2D eigenvalue weighted by atomic mass is 9.96. The van der Waals surface area contributed by atoms with Gasteiger partial charge in [0.2, 0.25) is 0 Å². The zero-order valence-electron chi connectivity index (χ0n) is 13.7. The second kappa shape index (κ2) is 8.23. The van der Waals surface area contributed by atoms with Crippen LogP contribution in [0.5, 0.6) is 0 Å². The highest BCUT2D eigenvalue weighted by molar-refractivity contribution is 5.79. The van der Waals surface area contributed by atoms with Crippen LogP contribution >= 0.6 is 0 Å². The molecule has 0 bridgehead atoms. The van der Waals surface area contributed by atoms with Crippen LogP contribution in [-0.2, 0) is 4.74 Å². The lowest BCUT2D eigenvalue weighted by Gasteiger charge is -2.24. The fraction of sp³-hybridized carbons (Fsp3) is 0.136. The highest BCUT2D eigenvalue weighted by Crippen LogP contribution is 2.34. The average molecular weight is 315 g/mol. The van der Waals surface area contributed by atoms with Crippen LogP contribution in [0.15, 0.2) is 96.0 Å². The molecule has 2 nitrogen and oxygen atoms in total. The summed E-state index contributed by atoms with van der Waals surface area (Å²) in [5, 5.41) is 0. The maximum absolute atomic E-state index is 5.83. The van der Waals surface area contributed by atoms with Crippen LogP contribution in [0.3, 0.4) is 0 Å². The highest BCUT2D eigenvalue weighted by atomic mass is 16.5. The molecule has 0 radical (unpaired) electrons. The van der Waals surface area contributed by atoms with Crippen LogP contribution in [0.1, 0.15) is 28.8 Å². The predicted molar refractivity (Wildman–Crippen MR) is 99.4 cm³/mol. The molecule has 0 aliphatic heterocycles. The van der Waals surface area contributed by atoms with Gasteiger partial charge in [-0.3, -0.25) is 4.99 Å². The highest BCUT2D eigenvalue weighted by Gasteiger charge is 2.23. The zero-order chi connectivity index (χ0) is 16.6. The van der Waals surface area contributed by atoms with Crippen LogP contribution in [0.4, 0.5) is 0 Å². The number of rotatable bonds is 6. The molecule has 0 saturated carbocycles. The van der Waals surface area contributed by atoms with Crippen LogP contribution in [0.25, 0.3) is 0 Å². The Labute approximate surface area is 143 Å². The van der Waals surface area contributed by atoms with Gasteiger partial charge in [0, 0.05) is 13.3 Å². The first kappa shape index (κ1) is 16.2. The van der Waals surface area contributed by atoms with E-state index in [1.807, 2.05) is 60.8 Å². The first-order valence-electron chi connectivity index (χ1n) is 8.09. The van der Waals surface area contributed by atoms with E-state index in [9.17, 15) is 0 Å². The summed E-state index contributed by atoms with van der Waals surface area (Å²) in [6, 6.07) is 30.6. The van der Waals surface area contributed by atoms with Gasteiger partial charge in [-0.2, -0.15) is 0 Å². The molecule has 2 atom stereocenters. The van der Waals surface area contributed by atoms with Crippen molar-refractivity contribution in [1.29, 1.82) is 0 Å². The van der Waals surface area contributed by atoms with E-state index in [1.54, 1.807) is 7.11 Å². The SMILES string of the molecule is CO[C@@H](c1ccccc1)[C@H](N=Cc1ccccc1)c1ccccc1. The Kier molecular flexibility index (Phi) is 5.54. The van der Waals surface area contributed by atoms with Crippen molar-refractivity contribution in [3.63, 3.8) is 0 Å². The van der Waals surface area contributed by atoms with Gasteiger partial charge in [0.1, 0.15) is 12.1 Å². The van der Waals surface area contributed by atoms with E-state index in [0.717, 1.165) is 16.7 Å².